The van der Waals surface area contributed by atoms with Crippen molar-refractivity contribution < 1.29 is 19.1 Å². The van der Waals surface area contributed by atoms with E-state index in [4.69, 9.17) is 5.11 Å². The maximum atomic E-state index is 13.3. The van der Waals surface area contributed by atoms with Crippen LogP contribution in [0.4, 0.5) is 14.9 Å². The molecule has 0 saturated heterocycles. The van der Waals surface area contributed by atoms with Gasteiger partial charge in [-0.05, 0) is 18.6 Å². The smallest absolute Gasteiger partial charge is 0.323 e. The highest BCUT2D eigenvalue weighted by atomic mass is 19.1. The molecule has 0 radical (unpaired) electrons. The second kappa shape index (κ2) is 6.58. The zero-order valence-electron chi connectivity index (χ0n) is 10.0. The number of halogens is 1. The molecule has 1 aromatic rings. The number of nitrogens with one attached hydrogen (secondary N) is 1. The van der Waals surface area contributed by atoms with Gasteiger partial charge in [-0.25, -0.2) is 9.18 Å². The summed E-state index contributed by atoms with van der Waals surface area (Å²) in [5, 5.41) is 11.0. The lowest BCUT2D eigenvalue weighted by molar-refractivity contribution is -0.137. The molecule has 2 amide bonds. The number of amides is 2. The Morgan fingerprint density at radius 2 is 2.06 bits per heavy atom. The van der Waals surface area contributed by atoms with Crippen LogP contribution in [0.2, 0.25) is 0 Å². The van der Waals surface area contributed by atoms with Gasteiger partial charge in [-0.3, -0.25) is 4.79 Å². The maximum Gasteiger partial charge on any atom is 0.323 e. The van der Waals surface area contributed by atoms with Crippen molar-refractivity contribution in [2.75, 3.05) is 18.4 Å². The Morgan fingerprint density at radius 1 is 1.39 bits per heavy atom. The second-order valence-corrected chi connectivity index (χ2v) is 3.73. The third-order valence-corrected chi connectivity index (χ3v) is 2.22. The van der Waals surface area contributed by atoms with E-state index in [1.54, 1.807) is 6.07 Å². The number of rotatable bonds is 5. The molecule has 0 aliphatic rings. The van der Waals surface area contributed by atoms with Crippen LogP contribution in [-0.4, -0.2) is 35.1 Å². The molecule has 0 unspecified atom stereocenters. The maximum absolute atomic E-state index is 13.3. The van der Waals surface area contributed by atoms with Crippen LogP contribution in [0.25, 0.3) is 0 Å². The number of hydrogen-bond donors (Lipinski definition) is 2. The molecule has 6 heteroatoms. The van der Waals surface area contributed by atoms with Gasteiger partial charge in [-0.15, -0.1) is 0 Å². The van der Waals surface area contributed by atoms with Crippen molar-refractivity contribution in [2.45, 2.75) is 13.3 Å². The number of anilines is 1. The van der Waals surface area contributed by atoms with Gasteiger partial charge in [0, 0.05) is 6.54 Å². The molecule has 98 valence electrons. The van der Waals surface area contributed by atoms with Crippen LogP contribution >= 0.6 is 0 Å². The minimum atomic E-state index is -1.10. The predicted octanol–water partition coefficient (Wildman–Crippen LogP) is 2.15. The first-order valence-electron chi connectivity index (χ1n) is 5.56. The molecule has 18 heavy (non-hydrogen) atoms. The summed E-state index contributed by atoms with van der Waals surface area (Å²) in [7, 11) is 0. The fourth-order valence-electron chi connectivity index (χ4n) is 1.44. The first-order valence-corrected chi connectivity index (χ1v) is 5.56. The number of carbonyl (C=O) groups excluding carboxylic acids is 1. The fourth-order valence-corrected chi connectivity index (χ4v) is 1.44. The largest absolute Gasteiger partial charge is 0.480 e. The molecule has 0 aromatic heterocycles. The number of carboxylic acid groups (broad SMARTS) is 1. The Morgan fingerprint density at radius 3 is 2.61 bits per heavy atom. The summed E-state index contributed by atoms with van der Waals surface area (Å²) >= 11 is 0. The molecule has 0 fully saturated rings. The Kier molecular flexibility index (Phi) is 5.10. The number of benzene rings is 1. The van der Waals surface area contributed by atoms with Crippen molar-refractivity contribution in [1.29, 1.82) is 0 Å². The van der Waals surface area contributed by atoms with E-state index in [1.807, 2.05) is 6.92 Å². The number of carbonyl (C=O) groups is 2. The summed E-state index contributed by atoms with van der Waals surface area (Å²) < 4.78 is 13.3. The molecule has 0 aliphatic carbocycles. The minimum Gasteiger partial charge on any atom is -0.480 e. The van der Waals surface area contributed by atoms with Crippen molar-refractivity contribution in [2.24, 2.45) is 0 Å². The van der Waals surface area contributed by atoms with E-state index in [0.29, 0.717) is 13.0 Å². The Labute approximate surface area is 104 Å². The van der Waals surface area contributed by atoms with Crippen LogP contribution in [0.15, 0.2) is 24.3 Å². The van der Waals surface area contributed by atoms with Gasteiger partial charge in [0.2, 0.25) is 0 Å². The number of hydrogen-bond acceptors (Lipinski definition) is 2. The molecule has 0 spiro atoms. The van der Waals surface area contributed by atoms with E-state index in [0.717, 1.165) is 4.90 Å². The zero-order chi connectivity index (χ0) is 13.5. The number of urea groups is 1. The second-order valence-electron chi connectivity index (χ2n) is 3.73. The zero-order valence-corrected chi connectivity index (χ0v) is 10.0. The summed E-state index contributed by atoms with van der Waals surface area (Å²) in [5.41, 5.74) is 0.0361. The Bertz CT molecular complexity index is 437. The third kappa shape index (κ3) is 4.04. The van der Waals surface area contributed by atoms with E-state index >= 15 is 0 Å². The highest BCUT2D eigenvalue weighted by Crippen LogP contribution is 2.13. The number of carboxylic acids is 1. The average molecular weight is 254 g/mol. The molecule has 1 aromatic carbocycles. The Hall–Kier alpha value is -2.11. The van der Waals surface area contributed by atoms with Gasteiger partial charge in [0.1, 0.15) is 12.4 Å². The van der Waals surface area contributed by atoms with Crippen LogP contribution in [0.3, 0.4) is 0 Å². The lowest BCUT2D eigenvalue weighted by Crippen LogP contribution is -2.39. The standard InChI is InChI=1S/C12H15FN2O3/c1-2-7-15(8-11(16)17)12(18)14-10-6-4-3-5-9(10)13/h3-6H,2,7-8H2,1H3,(H,14,18)(H,16,17). The average Bonchev–Trinajstić information content (AvgIpc) is 2.31. The van der Waals surface area contributed by atoms with Gasteiger partial charge in [-0.1, -0.05) is 19.1 Å². The van der Waals surface area contributed by atoms with E-state index in [-0.39, 0.29) is 5.69 Å². The van der Waals surface area contributed by atoms with Crippen LogP contribution in [0.1, 0.15) is 13.3 Å². The Balaban J connectivity index is 2.72. The molecule has 5 nitrogen and oxygen atoms in total. The molecule has 0 atom stereocenters. The third-order valence-electron chi connectivity index (χ3n) is 2.22. The van der Waals surface area contributed by atoms with Gasteiger partial charge in [0.05, 0.1) is 5.69 Å². The first kappa shape index (κ1) is 14.0. The van der Waals surface area contributed by atoms with Crippen LogP contribution in [0.5, 0.6) is 0 Å². The van der Waals surface area contributed by atoms with Crippen LogP contribution < -0.4 is 5.32 Å². The van der Waals surface area contributed by atoms with E-state index in [2.05, 4.69) is 5.32 Å². The molecule has 0 saturated carbocycles. The monoisotopic (exact) mass is 254 g/mol. The van der Waals surface area contributed by atoms with Gasteiger partial charge in [-0.2, -0.15) is 0 Å². The quantitative estimate of drug-likeness (QED) is 0.845. The molecule has 0 aliphatic heterocycles. The first-order chi connectivity index (χ1) is 8.54. The van der Waals surface area contributed by atoms with Crippen molar-refractivity contribution in [1.82, 2.24) is 4.90 Å². The summed E-state index contributed by atoms with van der Waals surface area (Å²) in [5.74, 6) is -1.66. The van der Waals surface area contributed by atoms with E-state index in [9.17, 15) is 14.0 Å². The molecule has 1 rings (SSSR count). The SMILES string of the molecule is CCCN(CC(=O)O)C(=O)Nc1ccccc1F. The van der Waals surface area contributed by atoms with Gasteiger partial charge >= 0.3 is 12.0 Å². The van der Waals surface area contributed by atoms with E-state index < -0.39 is 24.4 Å². The molecule has 0 bridgehead atoms. The van der Waals surface area contributed by atoms with E-state index in [1.165, 1.54) is 18.2 Å². The molecule has 0 heterocycles. The summed E-state index contributed by atoms with van der Waals surface area (Å²) in [6.07, 6.45) is 0.623. The predicted molar refractivity (Wildman–Crippen MR) is 64.9 cm³/mol. The number of para-hydroxylation sites is 1. The lowest BCUT2D eigenvalue weighted by atomic mass is 10.3. The van der Waals surface area contributed by atoms with Crippen molar-refractivity contribution in [3.8, 4) is 0 Å². The normalized spacial score (nSPS) is 9.89. The lowest BCUT2D eigenvalue weighted by Gasteiger charge is -2.20. The van der Waals surface area contributed by atoms with Crippen molar-refractivity contribution >= 4 is 17.7 Å². The fraction of sp³-hybridized carbons (Fsp3) is 0.333. The van der Waals surface area contributed by atoms with Crippen LogP contribution in [0, 0.1) is 5.82 Å². The summed E-state index contributed by atoms with van der Waals surface area (Å²) in [6, 6.07) is 5.10. The summed E-state index contributed by atoms with van der Waals surface area (Å²) in [6.45, 7) is 1.71. The highest BCUT2D eigenvalue weighted by molar-refractivity contribution is 5.91. The molecular formula is C12H15FN2O3. The van der Waals surface area contributed by atoms with Gasteiger partial charge in [0.25, 0.3) is 0 Å². The van der Waals surface area contributed by atoms with Gasteiger partial charge in [0.15, 0.2) is 0 Å². The minimum absolute atomic E-state index is 0.0361. The number of aliphatic carboxylic acids is 1. The highest BCUT2D eigenvalue weighted by Gasteiger charge is 2.16. The summed E-state index contributed by atoms with van der Waals surface area (Å²) in [4.78, 5) is 23.5. The topological polar surface area (TPSA) is 69.6 Å². The van der Waals surface area contributed by atoms with Crippen LogP contribution in [-0.2, 0) is 4.79 Å². The molecule has 2 N–H and O–H groups in total. The van der Waals surface area contributed by atoms with Crippen molar-refractivity contribution in [3.63, 3.8) is 0 Å². The molecular weight excluding hydrogens is 239 g/mol. The van der Waals surface area contributed by atoms with Gasteiger partial charge < -0.3 is 15.3 Å². The number of nitrogens with zero attached hydrogens (tertiary/aromatic N) is 1. The van der Waals surface area contributed by atoms with Crippen molar-refractivity contribution in [3.05, 3.63) is 30.1 Å².